The van der Waals surface area contributed by atoms with Crippen molar-refractivity contribution in [2.75, 3.05) is 25.1 Å². The van der Waals surface area contributed by atoms with Crippen LogP contribution in [0, 0.1) is 18.3 Å². The van der Waals surface area contributed by atoms with E-state index in [1.165, 1.54) is 0 Å². The number of nitriles is 1. The maximum Gasteiger partial charge on any atom is 0.416 e. The number of anilines is 1. The number of aromatic hydroxyl groups is 1. The Bertz CT molecular complexity index is 1080. The Hall–Kier alpha value is -3.43. The molecule has 2 atom stereocenters. The number of halogens is 3. The molecule has 1 aliphatic heterocycles. The van der Waals surface area contributed by atoms with E-state index in [1.54, 1.807) is 6.92 Å². The number of phenols is 1. The summed E-state index contributed by atoms with van der Waals surface area (Å²) in [6.45, 7) is 2.06. The molecule has 0 radical (unpaired) electrons. The molecule has 0 unspecified atom stereocenters. The van der Waals surface area contributed by atoms with E-state index in [2.05, 4.69) is 20.8 Å². The lowest BCUT2D eigenvalue weighted by Gasteiger charge is -2.29. The predicted molar refractivity (Wildman–Crippen MR) is 115 cm³/mol. The lowest BCUT2D eigenvalue weighted by atomic mass is 9.99. The van der Waals surface area contributed by atoms with Gasteiger partial charge in [0, 0.05) is 31.2 Å². The zero-order chi connectivity index (χ0) is 24.9. The van der Waals surface area contributed by atoms with Gasteiger partial charge in [-0.2, -0.15) is 18.4 Å². The van der Waals surface area contributed by atoms with Gasteiger partial charge in [0.1, 0.15) is 29.1 Å². The van der Waals surface area contributed by atoms with Gasteiger partial charge in [0.15, 0.2) is 5.82 Å². The Labute approximate surface area is 193 Å². The summed E-state index contributed by atoms with van der Waals surface area (Å²) in [6.07, 6.45) is -3.16. The molecular weight excluding hydrogens is 455 g/mol. The third-order valence-electron chi connectivity index (χ3n) is 5.50. The number of carbonyl (C=O) groups is 1. The summed E-state index contributed by atoms with van der Waals surface area (Å²) < 4.78 is 43.7. The normalized spacial score (nSPS) is 18.2. The van der Waals surface area contributed by atoms with Crippen molar-refractivity contribution in [3.8, 4) is 23.1 Å². The number of hydrogen-bond donors (Lipinski definition) is 4. The number of carbonyl (C=O) groups excluding carboxylic acids is 1. The fraction of sp³-hybridized carbons (Fsp3) is 0.455. The molecule has 182 valence electrons. The number of alkyl halides is 3. The van der Waals surface area contributed by atoms with Crippen LogP contribution in [0.2, 0.25) is 0 Å². The number of esters is 1. The number of aliphatic hydroxyl groups excluding tert-OH is 1. The van der Waals surface area contributed by atoms with Crippen LogP contribution in [-0.2, 0) is 15.7 Å². The summed E-state index contributed by atoms with van der Waals surface area (Å²) in [6, 6.07) is 3.93. The molecule has 2 heterocycles. The van der Waals surface area contributed by atoms with Crippen LogP contribution in [-0.4, -0.2) is 58.2 Å². The molecule has 9 nitrogen and oxygen atoms in total. The summed E-state index contributed by atoms with van der Waals surface area (Å²) in [5.41, 5.74) is -0.374. The van der Waals surface area contributed by atoms with Crippen molar-refractivity contribution in [1.82, 2.24) is 15.5 Å². The van der Waals surface area contributed by atoms with Gasteiger partial charge >= 0.3 is 12.1 Å². The smallest absolute Gasteiger partial charge is 0.416 e. The van der Waals surface area contributed by atoms with Crippen LogP contribution in [0.4, 0.5) is 19.0 Å². The first-order valence-corrected chi connectivity index (χ1v) is 10.6. The van der Waals surface area contributed by atoms with Gasteiger partial charge in [-0.15, -0.1) is 10.2 Å². The van der Waals surface area contributed by atoms with Crippen molar-refractivity contribution in [3.05, 3.63) is 34.9 Å². The second-order valence-corrected chi connectivity index (χ2v) is 7.86. The standard InChI is InChI=1S/C22H24F3N5O4/c1-12-16(10-26)20(28-14-4-6-17(27-11-14)21(33)34-8-2-7-31)30-29-19(12)15-5-3-13(9-18(15)32)22(23,24)25/h3,5,9,14,17,27,31-32H,2,4,6-8,11H2,1H3,(H,28,30)/t14-,17+/m1/s1. The minimum atomic E-state index is -4.61. The van der Waals surface area contributed by atoms with E-state index in [0.717, 1.165) is 12.1 Å². The van der Waals surface area contributed by atoms with E-state index >= 15 is 0 Å². The SMILES string of the molecule is Cc1c(-c2ccc(C(F)(F)F)cc2O)nnc(N[C@@H]2CC[C@@H](C(=O)OCCCO)NC2)c1C#N. The number of hydrogen-bond acceptors (Lipinski definition) is 9. The second kappa shape index (κ2) is 10.7. The minimum Gasteiger partial charge on any atom is -0.507 e. The van der Waals surface area contributed by atoms with Crippen molar-refractivity contribution in [2.24, 2.45) is 0 Å². The van der Waals surface area contributed by atoms with Crippen molar-refractivity contribution < 1.29 is 32.9 Å². The Morgan fingerprint density at radius 1 is 1.35 bits per heavy atom. The van der Waals surface area contributed by atoms with Crippen molar-refractivity contribution in [1.29, 1.82) is 5.26 Å². The zero-order valence-corrected chi connectivity index (χ0v) is 18.3. The summed E-state index contributed by atoms with van der Waals surface area (Å²) in [5, 5.41) is 42.8. The summed E-state index contributed by atoms with van der Waals surface area (Å²) >= 11 is 0. The van der Waals surface area contributed by atoms with Crippen LogP contribution in [0.3, 0.4) is 0 Å². The first kappa shape index (κ1) is 25.2. The van der Waals surface area contributed by atoms with E-state index in [9.17, 15) is 28.3 Å². The summed E-state index contributed by atoms with van der Waals surface area (Å²) in [4.78, 5) is 12.0. The van der Waals surface area contributed by atoms with Crippen LogP contribution in [0.25, 0.3) is 11.3 Å². The van der Waals surface area contributed by atoms with Gasteiger partial charge in [-0.3, -0.25) is 4.79 Å². The molecule has 1 aliphatic rings. The van der Waals surface area contributed by atoms with Gasteiger partial charge in [0.25, 0.3) is 0 Å². The zero-order valence-electron chi connectivity index (χ0n) is 18.3. The van der Waals surface area contributed by atoms with Crippen LogP contribution in [0.5, 0.6) is 5.75 Å². The van der Waals surface area contributed by atoms with Gasteiger partial charge in [0.2, 0.25) is 0 Å². The number of aliphatic hydroxyl groups is 1. The van der Waals surface area contributed by atoms with Gasteiger partial charge in [-0.25, -0.2) is 0 Å². The molecule has 1 fully saturated rings. The number of piperidine rings is 1. The minimum absolute atomic E-state index is 0.0305. The number of aromatic nitrogens is 2. The summed E-state index contributed by atoms with van der Waals surface area (Å²) in [7, 11) is 0. The maximum absolute atomic E-state index is 12.9. The second-order valence-electron chi connectivity index (χ2n) is 7.86. The first-order valence-electron chi connectivity index (χ1n) is 10.6. The highest BCUT2D eigenvalue weighted by molar-refractivity contribution is 5.76. The van der Waals surface area contributed by atoms with E-state index in [-0.39, 0.29) is 47.9 Å². The number of phenolic OH excluding ortho intramolecular Hbond substituents is 1. The lowest BCUT2D eigenvalue weighted by molar-refractivity contribution is -0.147. The Kier molecular flexibility index (Phi) is 7.90. The Morgan fingerprint density at radius 2 is 2.12 bits per heavy atom. The average Bonchev–Trinajstić information content (AvgIpc) is 2.80. The number of ether oxygens (including phenoxy) is 1. The summed E-state index contributed by atoms with van der Waals surface area (Å²) in [5.74, 6) is -0.808. The molecule has 1 saturated heterocycles. The highest BCUT2D eigenvalue weighted by Crippen LogP contribution is 2.37. The molecule has 0 bridgehead atoms. The third kappa shape index (κ3) is 5.73. The van der Waals surface area contributed by atoms with Gasteiger partial charge in [-0.1, -0.05) is 0 Å². The third-order valence-corrected chi connectivity index (χ3v) is 5.50. The molecular formula is C22H24F3N5O4. The molecule has 0 aliphatic carbocycles. The van der Waals surface area contributed by atoms with Crippen molar-refractivity contribution >= 4 is 11.8 Å². The molecule has 12 heteroatoms. The molecule has 1 aromatic carbocycles. The molecule has 3 rings (SSSR count). The molecule has 0 spiro atoms. The van der Waals surface area contributed by atoms with Gasteiger partial charge in [0.05, 0.1) is 12.2 Å². The fourth-order valence-electron chi connectivity index (χ4n) is 3.64. The molecule has 1 aromatic heterocycles. The predicted octanol–water partition coefficient (Wildman–Crippen LogP) is 2.51. The monoisotopic (exact) mass is 479 g/mol. The number of rotatable bonds is 7. The van der Waals surface area contributed by atoms with Gasteiger partial charge < -0.3 is 25.6 Å². The molecule has 0 amide bonds. The van der Waals surface area contributed by atoms with Crippen molar-refractivity contribution in [2.45, 2.75) is 44.4 Å². The number of benzene rings is 1. The number of nitrogens with zero attached hydrogens (tertiary/aromatic N) is 3. The molecule has 0 saturated carbocycles. The fourth-order valence-corrected chi connectivity index (χ4v) is 3.64. The number of nitrogens with one attached hydrogen (secondary N) is 2. The largest absolute Gasteiger partial charge is 0.507 e. The van der Waals surface area contributed by atoms with Crippen LogP contribution >= 0.6 is 0 Å². The van der Waals surface area contributed by atoms with E-state index in [0.29, 0.717) is 37.4 Å². The van der Waals surface area contributed by atoms with E-state index in [1.807, 2.05) is 6.07 Å². The molecule has 34 heavy (non-hydrogen) atoms. The average molecular weight is 479 g/mol. The van der Waals surface area contributed by atoms with Crippen LogP contribution < -0.4 is 10.6 Å². The van der Waals surface area contributed by atoms with Gasteiger partial charge in [-0.05, 0) is 43.5 Å². The van der Waals surface area contributed by atoms with Crippen molar-refractivity contribution in [3.63, 3.8) is 0 Å². The lowest BCUT2D eigenvalue weighted by Crippen LogP contribution is -2.49. The van der Waals surface area contributed by atoms with Crippen LogP contribution in [0.1, 0.15) is 36.0 Å². The van der Waals surface area contributed by atoms with E-state index in [4.69, 9.17) is 9.84 Å². The molecule has 4 N–H and O–H groups in total. The Morgan fingerprint density at radius 3 is 2.71 bits per heavy atom. The first-order chi connectivity index (χ1) is 16.2. The van der Waals surface area contributed by atoms with E-state index < -0.39 is 23.5 Å². The Balaban J connectivity index is 1.72. The quantitative estimate of drug-likeness (QED) is 0.348. The highest BCUT2D eigenvalue weighted by Gasteiger charge is 2.32. The highest BCUT2D eigenvalue weighted by atomic mass is 19.4. The van der Waals surface area contributed by atoms with Crippen LogP contribution in [0.15, 0.2) is 18.2 Å². The topological polar surface area (TPSA) is 140 Å². The maximum atomic E-state index is 12.9. The molecule has 2 aromatic rings.